The number of ether oxygens (including phenoxy) is 1. The third kappa shape index (κ3) is 4.35. The molecule has 0 saturated heterocycles. The Bertz CT molecular complexity index is 678. The number of esters is 1. The molecule has 0 bridgehead atoms. The Labute approximate surface area is 144 Å². The molecule has 0 spiro atoms. The second-order valence-electron chi connectivity index (χ2n) is 4.70. The summed E-state index contributed by atoms with van der Waals surface area (Å²) in [4.78, 5) is 13.2. The Morgan fingerprint density at radius 1 is 1.26 bits per heavy atom. The van der Waals surface area contributed by atoms with E-state index in [4.69, 9.17) is 4.74 Å². The zero-order valence-electron chi connectivity index (χ0n) is 12.2. The highest BCUT2D eigenvalue weighted by Crippen LogP contribution is 2.35. The molecule has 1 aromatic heterocycles. The predicted octanol–water partition coefficient (Wildman–Crippen LogP) is 5.55. The molecule has 0 amide bonds. The number of carbonyl (C=O) groups is 1. The zero-order chi connectivity index (χ0) is 17.0. The monoisotopic (exact) mass is 406 g/mol. The van der Waals surface area contributed by atoms with Gasteiger partial charge < -0.3 is 4.74 Å². The van der Waals surface area contributed by atoms with Crippen molar-refractivity contribution in [3.8, 4) is 10.4 Å². The van der Waals surface area contributed by atoms with Gasteiger partial charge in [-0.2, -0.15) is 13.2 Å². The second kappa shape index (κ2) is 7.49. The fourth-order valence-electron chi connectivity index (χ4n) is 2.05. The van der Waals surface area contributed by atoms with E-state index in [0.29, 0.717) is 22.2 Å². The number of thiophene rings is 1. The Morgan fingerprint density at radius 2 is 1.91 bits per heavy atom. The molecule has 0 fully saturated rings. The van der Waals surface area contributed by atoms with Crippen LogP contribution in [0.25, 0.3) is 10.4 Å². The zero-order valence-corrected chi connectivity index (χ0v) is 14.6. The molecular weight excluding hydrogens is 393 g/mol. The molecule has 0 aliphatic rings. The van der Waals surface area contributed by atoms with Crippen LogP contribution < -0.4 is 0 Å². The van der Waals surface area contributed by atoms with Gasteiger partial charge in [-0.05, 0) is 42.7 Å². The molecule has 0 unspecified atom stereocenters. The normalized spacial score (nSPS) is 11.5. The van der Waals surface area contributed by atoms with Gasteiger partial charge >= 0.3 is 12.1 Å². The average molecular weight is 407 g/mol. The van der Waals surface area contributed by atoms with Crippen molar-refractivity contribution in [2.24, 2.45) is 0 Å². The van der Waals surface area contributed by atoms with Crippen LogP contribution in [0.5, 0.6) is 0 Å². The molecule has 0 radical (unpaired) electrons. The molecule has 0 atom stereocenters. The first kappa shape index (κ1) is 18.0. The predicted molar refractivity (Wildman–Crippen MR) is 88.2 cm³/mol. The maximum atomic E-state index is 12.6. The van der Waals surface area contributed by atoms with Crippen LogP contribution in [0.4, 0.5) is 13.2 Å². The molecule has 2 nitrogen and oxygen atoms in total. The van der Waals surface area contributed by atoms with Gasteiger partial charge in [0.25, 0.3) is 0 Å². The van der Waals surface area contributed by atoms with E-state index in [0.717, 1.165) is 22.6 Å². The second-order valence-corrected chi connectivity index (χ2v) is 6.54. The number of benzene rings is 1. The van der Waals surface area contributed by atoms with Gasteiger partial charge in [-0.25, -0.2) is 4.79 Å². The quantitative estimate of drug-likeness (QED) is 0.480. The van der Waals surface area contributed by atoms with E-state index in [1.165, 1.54) is 23.5 Å². The van der Waals surface area contributed by atoms with Gasteiger partial charge in [0.15, 0.2) is 0 Å². The molecule has 0 aliphatic carbocycles. The van der Waals surface area contributed by atoms with E-state index in [1.807, 2.05) is 6.07 Å². The molecule has 0 aliphatic heterocycles. The summed E-state index contributed by atoms with van der Waals surface area (Å²) in [5.74, 6) is -0.397. The van der Waals surface area contributed by atoms with Crippen molar-refractivity contribution in [2.45, 2.75) is 19.5 Å². The highest BCUT2D eigenvalue weighted by atomic mass is 79.9. The fraction of sp³-hybridized carbons (Fsp3) is 0.312. The molecule has 23 heavy (non-hydrogen) atoms. The number of hydrogen-bond donors (Lipinski definition) is 0. The Balaban J connectivity index is 2.36. The first-order valence-electron chi connectivity index (χ1n) is 6.90. The van der Waals surface area contributed by atoms with Crippen LogP contribution in [0.15, 0.2) is 30.3 Å². The maximum Gasteiger partial charge on any atom is 0.416 e. The van der Waals surface area contributed by atoms with Crippen LogP contribution in [0.3, 0.4) is 0 Å². The van der Waals surface area contributed by atoms with Gasteiger partial charge in [-0.3, -0.25) is 0 Å². The van der Waals surface area contributed by atoms with E-state index >= 15 is 0 Å². The Hall–Kier alpha value is -1.34. The number of hydrogen-bond acceptors (Lipinski definition) is 3. The minimum absolute atomic E-state index is 0.278. The summed E-state index contributed by atoms with van der Waals surface area (Å²) in [5.41, 5.74) is 0.790. The molecule has 2 aromatic rings. The molecule has 2 rings (SSSR count). The van der Waals surface area contributed by atoms with Crippen molar-refractivity contribution in [3.05, 3.63) is 46.3 Å². The van der Waals surface area contributed by atoms with E-state index < -0.39 is 17.7 Å². The molecule has 124 valence electrons. The van der Waals surface area contributed by atoms with Crippen molar-refractivity contribution in [3.63, 3.8) is 0 Å². The summed E-state index contributed by atoms with van der Waals surface area (Å²) in [5, 5.41) is 0.683. The summed E-state index contributed by atoms with van der Waals surface area (Å²) in [7, 11) is 0. The lowest BCUT2D eigenvalue weighted by atomic mass is 10.1. The first-order chi connectivity index (χ1) is 10.9. The number of carbonyl (C=O) groups excluding carboxylic acids is 1. The summed E-state index contributed by atoms with van der Waals surface area (Å²) < 4.78 is 42.9. The molecule has 0 saturated carbocycles. The third-order valence-electron chi connectivity index (χ3n) is 3.13. The topological polar surface area (TPSA) is 26.3 Å². The van der Waals surface area contributed by atoms with Crippen LogP contribution in [-0.2, 0) is 17.3 Å². The summed E-state index contributed by atoms with van der Waals surface area (Å²) >= 11 is 4.57. The van der Waals surface area contributed by atoms with Crippen molar-refractivity contribution in [1.29, 1.82) is 0 Å². The van der Waals surface area contributed by atoms with Crippen molar-refractivity contribution >= 4 is 33.2 Å². The van der Waals surface area contributed by atoms with Gasteiger partial charge in [-0.1, -0.05) is 28.1 Å². The van der Waals surface area contributed by atoms with Crippen molar-refractivity contribution < 1.29 is 22.7 Å². The minimum Gasteiger partial charge on any atom is -0.462 e. The third-order valence-corrected chi connectivity index (χ3v) is 4.73. The number of alkyl halides is 4. The smallest absolute Gasteiger partial charge is 0.416 e. The van der Waals surface area contributed by atoms with Gasteiger partial charge in [0, 0.05) is 10.2 Å². The van der Waals surface area contributed by atoms with Crippen LogP contribution in [0.2, 0.25) is 0 Å². The van der Waals surface area contributed by atoms with Crippen molar-refractivity contribution in [1.82, 2.24) is 0 Å². The molecule has 1 aromatic carbocycles. The van der Waals surface area contributed by atoms with E-state index in [9.17, 15) is 18.0 Å². The van der Waals surface area contributed by atoms with Crippen LogP contribution in [0, 0.1) is 0 Å². The lowest BCUT2D eigenvalue weighted by molar-refractivity contribution is -0.137. The fourth-order valence-corrected chi connectivity index (χ4v) is 3.59. The van der Waals surface area contributed by atoms with Gasteiger partial charge in [0.05, 0.1) is 12.2 Å². The number of rotatable bonds is 5. The van der Waals surface area contributed by atoms with Crippen molar-refractivity contribution in [2.75, 3.05) is 11.9 Å². The molecule has 0 N–H and O–H groups in total. The number of aryl methyl sites for hydroxylation is 1. The first-order valence-corrected chi connectivity index (χ1v) is 8.84. The summed E-state index contributed by atoms with van der Waals surface area (Å²) in [6, 6.07) is 6.76. The van der Waals surface area contributed by atoms with E-state index in [2.05, 4.69) is 15.9 Å². The Kier molecular flexibility index (Phi) is 5.86. The highest BCUT2D eigenvalue weighted by molar-refractivity contribution is 9.09. The molecule has 1 heterocycles. The molecule has 7 heteroatoms. The average Bonchev–Trinajstić information content (AvgIpc) is 2.91. The van der Waals surface area contributed by atoms with Crippen LogP contribution in [0.1, 0.15) is 27.7 Å². The maximum absolute atomic E-state index is 12.6. The van der Waals surface area contributed by atoms with E-state index in [1.54, 1.807) is 6.92 Å². The lowest BCUT2D eigenvalue weighted by Gasteiger charge is -2.06. The van der Waals surface area contributed by atoms with Crippen LogP contribution in [-0.4, -0.2) is 17.9 Å². The standard InChI is InChI=1S/C16H14BrF3O2S/c1-2-22-15(21)14-11(7-8-17)9-13(23-14)10-3-5-12(6-4-10)16(18,19)20/h3-6,9H,2,7-8H2,1H3. The largest absolute Gasteiger partial charge is 0.462 e. The molecular formula is C16H14BrF3O2S. The van der Waals surface area contributed by atoms with Gasteiger partial charge in [-0.15, -0.1) is 11.3 Å². The summed E-state index contributed by atoms with van der Waals surface area (Å²) in [6.07, 6.45) is -3.71. The number of halogens is 4. The Morgan fingerprint density at radius 3 is 2.43 bits per heavy atom. The summed E-state index contributed by atoms with van der Waals surface area (Å²) in [6.45, 7) is 2.01. The van der Waals surface area contributed by atoms with Gasteiger partial charge in [0.1, 0.15) is 4.88 Å². The van der Waals surface area contributed by atoms with Crippen LogP contribution >= 0.6 is 27.3 Å². The van der Waals surface area contributed by atoms with E-state index in [-0.39, 0.29) is 6.61 Å². The van der Waals surface area contributed by atoms with Gasteiger partial charge in [0.2, 0.25) is 0 Å². The minimum atomic E-state index is -4.36. The highest BCUT2D eigenvalue weighted by Gasteiger charge is 2.30. The SMILES string of the molecule is CCOC(=O)c1sc(-c2ccc(C(F)(F)F)cc2)cc1CCBr. The lowest BCUT2D eigenvalue weighted by Crippen LogP contribution is -2.05.